The predicted molar refractivity (Wildman–Crippen MR) is 113 cm³/mol. The second-order valence-corrected chi connectivity index (χ2v) is 8.51. The molecule has 0 aliphatic heterocycles. The van der Waals surface area contributed by atoms with E-state index in [0.717, 1.165) is 26.9 Å². The fourth-order valence-corrected chi connectivity index (χ4v) is 3.60. The molecular formula is C21H21N3O4S. The largest absolute Gasteiger partial charge is 0.507 e. The van der Waals surface area contributed by atoms with Crippen molar-refractivity contribution in [3.63, 3.8) is 0 Å². The average molecular weight is 411 g/mol. The third-order valence-corrected chi connectivity index (χ3v) is 5.52. The van der Waals surface area contributed by atoms with Crippen LogP contribution in [0.15, 0.2) is 71.8 Å². The molecule has 29 heavy (non-hydrogen) atoms. The maximum atomic E-state index is 12.2. The molecule has 0 saturated carbocycles. The first kappa shape index (κ1) is 20.5. The zero-order valence-electron chi connectivity index (χ0n) is 15.8. The van der Waals surface area contributed by atoms with Gasteiger partial charge in [-0.1, -0.05) is 60.7 Å². The van der Waals surface area contributed by atoms with Crippen molar-refractivity contribution in [2.45, 2.75) is 6.54 Å². The number of carbonyl (C=O) groups excluding carboxylic acids is 1. The predicted octanol–water partition coefficient (Wildman–Crippen LogP) is 2.46. The average Bonchev–Trinajstić information content (AvgIpc) is 2.69. The highest BCUT2D eigenvalue weighted by molar-refractivity contribution is 7.88. The summed E-state index contributed by atoms with van der Waals surface area (Å²) in [5.41, 5.74) is 3.56. The van der Waals surface area contributed by atoms with Crippen molar-refractivity contribution in [2.75, 3.05) is 12.8 Å². The molecule has 0 fully saturated rings. The summed E-state index contributed by atoms with van der Waals surface area (Å²) in [6, 6.07) is 19.8. The van der Waals surface area contributed by atoms with Crippen LogP contribution in [0.2, 0.25) is 0 Å². The summed E-state index contributed by atoms with van der Waals surface area (Å²) >= 11 is 0. The number of carbonyl (C=O) groups is 1. The van der Waals surface area contributed by atoms with Gasteiger partial charge in [-0.3, -0.25) is 4.79 Å². The van der Waals surface area contributed by atoms with Crippen molar-refractivity contribution >= 4 is 32.9 Å². The molecule has 1 amide bonds. The number of phenolic OH excluding ortho intramolecular Hbond substituents is 1. The standard InChI is InChI=1S/C21H21N3O4S/c1-29(27,28)24(14-16-7-3-2-4-8-16)15-21(26)23-22-13-19-18-10-6-5-9-17(18)11-12-20(19)25/h2-13,25H,14-15H2,1H3,(H,23,26)/b22-13-. The molecular weight excluding hydrogens is 390 g/mol. The van der Waals surface area contributed by atoms with Gasteiger partial charge in [0, 0.05) is 12.1 Å². The second-order valence-electron chi connectivity index (χ2n) is 6.53. The molecule has 3 aromatic rings. The van der Waals surface area contributed by atoms with Crippen molar-refractivity contribution in [1.82, 2.24) is 9.73 Å². The minimum absolute atomic E-state index is 0.0311. The maximum absolute atomic E-state index is 12.2. The van der Waals surface area contributed by atoms with Crippen molar-refractivity contribution < 1.29 is 18.3 Å². The first-order chi connectivity index (χ1) is 13.8. The van der Waals surface area contributed by atoms with E-state index in [1.165, 1.54) is 6.21 Å². The molecule has 0 saturated heterocycles. The Morgan fingerprint density at radius 3 is 2.48 bits per heavy atom. The number of hydrogen-bond donors (Lipinski definition) is 2. The van der Waals surface area contributed by atoms with Gasteiger partial charge in [-0.15, -0.1) is 0 Å². The highest BCUT2D eigenvalue weighted by Crippen LogP contribution is 2.25. The van der Waals surface area contributed by atoms with Crippen molar-refractivity contribution in [3.8, 4) is 5.75 Å². The van der Waals surface area contributed by atoms with Gasteiger partial charge in [0.05, 0.1) is 19.0 Å². The highest BCUT2D eigenvalue weighted by Gasteiger charge is 2.20. The molecule has 0 atom stereocenters. The van der Waals surface area contributed by atoms with Crippen LogP contribution in [0.5, 0.6) is 5.75 Å². The molecule has 7 nitrogen and oxygen atoms in total. The highest BCUT2D eigenvalue weighted by atomic mass is 32.2. The Labute approximate surface area is 169 Å². The lowest BCUT2D eigenvalue weighted by Crippen LogP contribution is -2.38. The van der Waals surface area contributed by atoms with E-state index in [1.54, 1.807) is 36.4 Å². The van der Waals surface area contributed by atoms with Gasteiger partial charge in [-0.05, 0) is 22.4 Å². The van der Waals surface area contributed by atoms with Gasteiger partial charge in [0.1, 0.15) is 5.75 Å². The van der Waals surface area contributed by atoms with Crippen LogP contribution < -0.4 is 5.43 Å². The fraction of sp³-hybridized carbons (Fsp3) is 0.143. The lowest BCUT2D eigenvalue weighted by Gasteiger charge is -2.18. The molecule has 8 heteroatoms. The topological polar surface area (TPSA) is 99.1 Å². The number of sulfonamides is 1. The Hall–Kier alpha value is -3.23. The lowest BCUT2D eigenvalue weighted by molar-refractivity contribution is -0.121. The molecule has 0 aromatic heterocycles. The number of nitrogens with zero attached hydrogens (tertiary/aromatic N) is 2. The third kappa shape index (κ3) is 5.40. The second kappa shape index (κ2) is 8.85. The van der Waals surface area contributed by atoms with E-state index in [-0.39, 0.29) is 18.8 Å². The van der Waals surface area contributed by atoms with Gasteiger partial charge >= 0.3 is 0 Å². The van der Waals surface area contributed by atoms with Crippen molar-refractivity contribution in [3.05, 3.63) is 77.9 Å². The van der Waals surface area contributed by atoms with Gasteiger partial charge in [-0.25, -0.2) is 13.8 Å². The van der Waals surface area contributed by atoms with E-state index in [1.807, 2.05) is 30.3 Å². The van der Waals surface area contributed by atoms with Gasteiger partial charge in [0.25, 0.3) is 5.91 Å². The minimum Gasteiger partial charge on any atom is -0.507 e. The van der Waals surface area contributed by atoms with Gasteiger partial charge in [0.15, 0.2) is 0 Å². The van der Waals surface area contributed by atoms with E-state index in [2.05, 4.69) is 10.5 Å². The van der Waals surface area contributed by atoms with Gasteiger partial charge < -0.3 is 5.11 Å². The molecule has 3 aromatic carbocycles. The molecule has 150 valence electrons. The number of rotatable bonds is 7. The van der Waals surface area contributed by atoms with Crippen LogP contribution in [-0.4, -0.2) is 42.8 Å². The number of aromatic hydroxyl groups is 1. The van der Waals surface area contributed by atoms with Gasteiger partial charge in [0.2, 0.25) is 10.0 Å². The van der Waals surface area contributed by atoms with Crippen LogP contribution in [-0.2, 0) is 21.4 Å². The van der Waals surface area contributed by atoms with E-state index in [4.69, 9.17) is 0 Å². The minimum atomic E-state index is -3.59. The molecule has 3 rings (SSSR count). The molecule has 0 heterocycles. The Bertz CT molecular complexity index is 1150. The maximum Gasteiger partial charge on any atom is 0.255 e. The molecule has 0 spiro atoms. The number of amides is 1. The first-order valence-corrected chi connectivity index (χ1v) is 10.7. The van der Waals surface area contributed by atoms with Crippen LogP contribution in [0, 0.1) is 0 Å². The Morgan fingerprint density at radius 1 is 1.07 bits per heavy atom. The quantitative estimate of drug-likeness (QED) is 0.461. The summed E-state index contributed by atoms with van der Waals surface area (Å²) in [6.07, 6.45) is 2.40. The third-order valence-electron chi connectivity index (χ3n) is 4.32. The molecule has 2 N–H and O–H groups in total. The summed E-state index contributed by atoms with van der Waals surface area (Å²) in [4.78, 5) is 12.2. The normalized spacial score (nSPS) is 11.9. The van der Waals surface area contributed by atoms with Crippen LogP contribution in [0.4, 0.5) is 0 Å². The van der Waals surface area contributed by atoms with E-state index in [9.17, 15) is 18.3 Å². The molecule has 0 unspecified atom stereocenters. The molecule has 0 radical (unpaired) electrons. The molecule has 0 aliphatic rings. The SMILES string of the molecule is CS(=O)(=O)N(CC(=O)N/N=C\c1c(O)ccc2ccccc12)Cc1ccccc1. The summed E-state index contributed by atoms with van der Waals surface area (Å²) in [5, 5.41) is 15.7. The fourth-order valence-electron chi connectivity index (χ4n) is 2.86. The lowest BCUT2D eigenvalue weighted by atomic mass is 10.0. The van der Waals surface area contributed by atoms with Crippen LogP contribution >= 0.6 is 0 Å². The Morgan fingerprint density at radius 2 is 1.76 bits per heavy atom. The zero-order valence-corrected chi connectivity index (χ0v) is 16.6. The van der Waals surface area contributed by atoms with E-state index < -0.39 is 15.9 Å². The molecule has 0 bridgehead atoms. The van der Waals surface area contributed by atoms with Gasteiger partial charge in [-0.2, -0.15) is 9.41 Å². The first-order valence-electron chi connectivity index (χ1n) is 8.86. The van der Waals surface area contributed by atoms with E-state index >= 15 is 0 Å². The summed E-state index contributed by atoms with van der Waals surface area (Å²) in [6.45, 7) is -0.284. The molecule has 0 aliphatic carbocycles. The van der Waals surface area contributed by atoms with Crippen molar-refractivity contribution in [1.29, 1.82) is 0 Å². The van der Waals surface area contributed by atoms with E-state index in [0.29, 0.717) is 5.56 Å². The number of benzene rings is 3. The summed E-state index contributed by atoms with van der Waals surface area (Å²) in [5.74, 6) is -0.550. The van der Waals surface area contributed by atoms with Crippen LogP contribution in [0.3, 0.4) is 0 Å². The number of hydrazone groups is 1. The number of fused-ring (bicyclic) bond motifs is 1. The smallest absolute Gasteiger partial charge is 0.255 e. The Kier molecular flexibility index (Phi) is 6.26. The number of phenols is 1. The zero-order chi connectivity index (χ0) is 20.9. The van der Waals surface area contributed by atoms with Crippen LogP contribution in [0.25, 0.3) is 10.8 Å². The number of nitrogens with one attached hydrogen (secondary N) is 1. The van der Waals surface area contributed by atoms with Crippen molar-refractivity contribution in [2.24, 2.45) is 5.10 Å². The number of hydrogen-bond acceptors (Lipinski definition) is 5. The summed E-state index contributed by atoms with van der Waals surface area (Å²) in [7, 11) is -3.59. The Balaban J connectivity index is 1.70. The monoisotopic (exact) mass is 411 g/mol. The van der Waals surface area contributed by atoms with Crippen LogP contribution in [0.1, 0.15) is 11.1 Å². The summed E-state index contributed by atoms with van der Waals surface area (Å²) < 4.78 is 25.1.